The summed E-state index contributed by atoms with van der Waals surface area (Å²) in [5.41, 5.74) is 0.307. The van der Waals surface area contributed by atoms with E-state index in [2.05, 4.69) is 17.2 Å². The molecule has 1 heterocycles. The van der Waals surface area contributed by atoms with Crippen LogP contribution >= 0.6 is 11.3 Å². The molecule has 4 nitrogen and oxygen atoms in total. The highest BCUT2D eigenvalue weighted by molar-refractivity contribution is 7.13. The van der Waals surface area contributed by atoms with E-state index in [9.17, 15) is 4.79 Å². The molecule has 0 aliphatic heterocycles. The molecule has 0 amide bonds. The number of rotatable bonds is 4. The zero-order valence-corrected chi connectivity index (χ0v) is 9.43. The number of carbonyl (C=O) groups is 1. The molecule has 0 unspecified atom stereocenters. The van der Waals surface area contributed by atoms with Crippen LogP contribution in [0.2, 0.25) is 0 Å². The fourth-order valence-electron chi connectivity index (χ4n) is 1.83. The van der Waals surface area contributed by atoms with E-state index in [0.29, 0.717) is 0 Å². The lowest BCUT2D eigenvalue weighted by Crippen LogP contribution is -2.44. The van der Waals surface area contributed by atoms with Gasteiger partial charge in [-0.3, -0.25) is 0 Å². The summed E-state index contributed by atoms with van der Waals surface area (Å²) in [6.45, 7) is 2.15. The lowest BCUT2D eigenvalue weighted by Gasteiger charge is -2.41. The lowest BCUT2D eigenvalue weighted by atomic mass is 9.75. The highest BCUT2D eigenvalue weighted by Crippen LogP contribution is 2.38. The second kappa shape index (κ2) is 3.81. The summed E-state index contributed by atoms with van der Waals surface area (Å²) in [4.78, 5) is 14.7. The standard InChI is InChI=1S/C10H14N2O2S/c1-2-10(4-3-5-10)12-9-11-7(6-15-9)8(13)14/h6H,2-5H2,1H3,(H,11,12)(H,13,14). The number of thiazole rings is 1. The summed E-state index contributed by atoms with van der Waals surface area (Å²) in [6, 6.07) is 0. The van der Waals surface area contributed by atoms with Gasteiger partial charge in [0.25, 0.3) is 0 Å². The summed E-state index contributed by atoms with van der Waals surface area (Å²) >= 11 is 1.37. The second-order valence-corrected chi connectivity index (χ2v) is 4.81. The normalized spacial score (nSPS) is 18.2. The van der Waals surface area contributed by atoms with E-state index in [1.165, 1.54) is 17.8 Å². The molecule has 0 saturated heterocycles. The van der Waals surface area contributed by atoms with Crippen LogP contribution in [0.4, 0.5) is 5.13 Å². The molecule has 2 rings (SSSR count). The summed E-state index contributed by atoms with van der Waals surface area (Å²) in [7, 11) is 0. The average molecular weight is 226 g/mol. The number of nitrogens with zero attached hydrogens (tertiary/aromatic N) is 1. The maximum absolute atomic E-state index is 10.6. The number of anilines is 1. The topological polar surface area (TPSA) is 62.2 Å². The van der Waals surface area contributed by atoms with Gasteiger partial charge in [0.05, 0.1) is 0 Å². The van der Waals surface area contributed by atoms with Crippen LogP contribution in [-0.4, -0.2) is 21.6 Å². The molecule has 0 atom stereocenters. The largest absolute Gasteiger partial charge is 0.476 e. The fourth-order valence-corrected chi connectivity index (χ4v) is 2.63. The van der Waals surface area contributed by atoms with Crippen LogP contribution in [0.1, 0.15) is 43.1 Å². The van der Waals surface area contributed by atoms with Gasteiger partial charge in [-0.1, -0.05) is 6.92 Å². The molecular formula is C10H14N2O2S. The number of carboxylic acid groups (broad SMARTS) is 1. The monoisotopic (exact) mass is 226 g/mol. The first-order valence-corrected chi connectivity index (χ1v) is 6.00. The van der Waals surface area contributed by atoms with E-state index in [0.717, 1.165) is 24.4 Å². The molecule has 82 valence electrons. The molecule has 1 aromatic heterocycles. The number of carboxylic acids is 1. The second-order valence-electron chi connectivity index (χ2n) is 3.96. The molecule has 1 aliphatic rings. The smallest absolute Gasteiger partial charge is 0.355 e. The van der Waals surface area contributed by atoms with Crippen LogP contribution in [0.5, 0.6) is 0 Å². The molecule has 0 bridgehead atoms. The van der Waals surface area contributed by atoms with Crippen LogP contribution in [0.15, 0.2) is 5.38 Å². The van der Waals surface area contributed by atoms with Gasteiger partial charge in [0.1, 0.15) is 0 Å². The first-order valence-electron chi connectivity index (χ1n) is 5.12. The molecule has 0 aromatic carbocycles. The van der Waals surface area contributed by atoms with Crippen molar-refractivity contribution < 1.29 is 9.90 Å². The van der Waals surface area contributed by atoms with Crippen molar-refractivity contribution in [3.63, 3.8) is 0 Å². The van der Waals surface area contributed by atoms with Gasteiger partial charge in [-0.15, -0.1) is 11.3 Å². The highest BCUT2D eigenvalue weighted by Gasteiger charge is 2.35. The van der Waals surface area contributed by atoms with Gasteiger partial charge in [0, 0.05) is 10.9 Å². The number of aromatic carboxylic acids is 1. The van der Waals surface area contributed by atoms with E-state index < -0.39 is 5.97 Å². The Balaban J connectivity index is 2.07. The molecule has 5 heteroatoms. The molecule has 2 N–H and O–H groups in total. The van der Waals surface area contributed by atoms with Crippen molar-refractivity contribution in [2.45, 2.75) is 38.1 Å². The summed E-state index contributed by atoms with van der Waals surface area (Å²) < 4.78 is 0. The van der Waals surface area contributed by atoms with E-state index >= 15 is 0 Å². The summed E-state index contributed by atoms with van der Waals surface area (Å²) in [5.74, 6) is -0.960. The quantitative estimate of drug-likeness (QED) is 0.828. The zero-order valence-electron chi connectivity index (χ0n) is 8.62. The summed E-state index contributed by atoms with van der Waals surface area (Å²) in [5, 5.41) is 14.4. The Hall–Kier alpha value is -1.10. The number of aromatic nitrogens is 1. The molecule has 1 aromatic rings. The minimum Gasteiger partial charge on any atom is -0.476 e. The van der Waals surface area contributed by atoms with Crippen molar-refractivity contribution >= 4 is 22.4 Å². The van der Waals surface area contributed by atoms with Gasteiger partial charge in [0.2, 0.25) is 0 Å². The van der Waals surface area contributed by atoms with Gasteiger partial charge in [0.15, 0.2) is 10.8 Å². The fraction of sp³-hybridized carbons (Fsp3) is 0.600. The number of hydrogen-bond donors (Lipinski definition) is 2. The lowest BCUT2D eigenvalue weighted by molar-refractivity contribution is 0.0691. The van der Waals surface area contributed by atoms with E-state index in [1.807, 2.05) is 0 Å². The first-order chi connectivity index (χ1) is 7.15. The molecule has 1 fully saturated rings. The Morgan fingerprint density at radius 3 is 2.87 bits per heavy atom. The van der Waals surface area contributed by atoms with Crippen molar-refractivity contribution in [1.82, 2.24) is 4.98 Å². The van der Waals surface area contributed by atoms with Gasteiger partial charge in [-0.05, 0) is 25.7 Å². The number of nitrogens with one attached hydrogen (secondary N) is 1. The maximum atomic E-state index is 10.6. The van der Waals surface area contributed by atoms with Crippen molar-refractivity contribution in [3.05, 3.63) is 11.1 Å². The Labute approximate surface area is 92.3 Å². The van der Waals surface area contributed by atoms with Crippen molar-refractivity contribution in [1.29, 1.82) is 0 Å². The van der Waals surface area contributed by atoms with E-state index in [-0.39, 0.29) is 11.2 Å². The highest BCUT2D eigenvalue weighted by atomic mass is 32.1. The predicted octanol–water partition coefficient (Wildman–Crippen LogP) is 2.59. The van der Waals surface area contributed by atoms with E-state index in [4.69, 9.17) is 5.11 Å². The molecule has 1 saturated carbocycles. The first kappa shape index (κ1) is 10.4. The molecule has 1 aliphatic carbocycles. The van der Waals surface area contributed by atoms with Crippen molar-refractivity contribution in [2.75, 3.05) is 5.32 Å². The SMILES string of the molecule is CCC1(Nc2nc(C(=O)O)cs2)CCC1. The Bertz CT molecular complexity index is 366. The third-order valence-corrected chi connectivity index (χ3v) is 3.84. The van der Waals surface area contributed by atoms with Crippen LogP contribution < -0.4 is 5.32 Å². The van der Waals surface area contributed by atoms with Crippen LogP contribution in [0.3, 0.4) is 0 Å². The van der Waals surface area contributed by atoms with Crippen molar-refractivity contribution in [3.8, 4) is 0 Å². The Morgan fingerprint density at radius 2 is 2.47 bits per heavy atom. The van der Waals surface area contributed by atoms with Gasteiger partial charge < -0.3 is 10.4 Å². The third kappa shape index (κ3) is 1.97. The zero-order chi connectivity index (χ0) is 10.9. The third-order valence-electron chi connectivity index (χ3n) is 3.08. The predicted molar refractivity (Wildman–Crippen MR) is 59.6 cm³/mol. The Morgan fingerprint density at radius 1 is 1.73 bits per heavy atom. The average Bonchev–Trinajstić information content (AvgIpc) is 2.59. The molecule has 0 spiro atoms. The minimum absolute atomic E-state index is 0.132. The van der Waals surface area contributed by atoms with Crippen LogP contribution in [0, 0.1) is 0 Å². The van der Waals surface area contributed by atoms with Crippen molar-refractivity contribution in [2.24, 2.45) is 0 Å². The van der Waals surface area contributed by atoms with E-state index in [1.54, 1.807) is 5.38 Å². The molecule has 0 radical (unpaired) electrons. The number of hydrogen-bond acceptors (Lipinski definition) is 4. The van der Waals surface area contributed by atoms with Crippen LogP contribution in [0.25, 0.3) is 0 Å². The van der Waals surface area contributed by atoms with Gasteiger partial charge >= 0.3 is 5.97 Å². The molecular weight excluding hydrogens is 212 g/mol. The van der Waals surface area contributed by atoms with Gasteiger partial charge in [-0.25, -0.2) is 9.78 Å². The molecule has 15 heavy (non-hydrogen) atoms. The van der Waals surface area contributed by atoms with Gasteiger partial charge in [-0.2, -0.15) is 0 Å². The van der Waals surface area contributed by atoms with Crippen LogP contribution in [-0.2, 0) is 0 Å². The Kier molecular flexibility index (Phi) is 2.65. The maximum Gasteiger partial charge on any atom is 0.355 e. The summed E-state index contributed by atoms with van der Waals surface area (Å²) in [6.07, 6.45) is 4.63. The minimum atomic E-state index is -0.960.